The van der Waals surface area contributed by atoms with E-state index < -0.39 is 0 Å². The molecule has 14 heavy (non-hydrogen) atoms. The molecule has 0 aromatic carbocycles. The Morgan fingerprint density at radius 1 is 1.36 bits per heavy atom. The second-order valence-corrected chi connectivity index (χ2v) is 3.83. The third-order valence-corrected chi connectivity index (χ3v) is 2.50. The Morgan fingerprint density at radius 3 is 2.43 bits per heavy atom. The van der Waals surface area contributed by atoms with Gasteiger partial charge in [0.2, 0.25) is 0 Å². The fraction of sp³-hybridized carbons (Fsp3) is 0.909. The van der Waals surface area contributed by atoms with Crippen LogP contribution in [0.2, 0.25) is 0 Å². The molecule has 1 atom stereocenters. The zero-order valence-corrected chi connectivity index (χ0v) is 9.29. The number of hydrogen-bond acceptors (Lipinski definition) is 2. The van der Waals surface area contributed by atoms with Gasteiger partial charge >= 0.3 is 0 Å². The quantitative estimate of drug-likeness (QED) is 0.676. The van der Waals surface area contributed by atoms with E-state index in [-0.39, 0.29) is 12.0 Å². The predicted molar refractivity (Wildman–Crippen MR) is 56.1 cm³/mol. The molecule has 1 saturated heterocycles. The lowest BCUT2D eigenvalue weighted by Crippen LogP contribution is -2.39. The van der Waals surface area contributed by atoms with Crippen LogP contribution >= 0.6 is 0 Å². The Kier molecular flexibility index (Phi) is 4.94. The summed E-state index contributed by atoms with van der Waals surface area (Å²) in [5.41, 5.74) is 0. The molecule has 3 heteroatoms. The molecule has 1 amide bonds. The molecule has 0 saturated carbocycles. The first-order valence-electron chi connectivity index (χ1n) is 5.70. The lowest BCUT2D eigenvalue weighted by molar-refractivity contribution is -0.141. The molecule has 0 bridgehead atoms. The van der Waals surface area contributed by atoms with Crippen LogP contribution in [-0.4, -0.2) is 36.6 Å². The summed E-state index contributed by atoms with van der Waals surface area (Å²) in [6, 6.07) is 0. The van der Waals surface area contributed by atoms with Crippen LogP contribution < -0.4 is 0 Å². The van der Waals surface area contributed by atoms with E-state index in [1.54, 1.807) is 0 Å². The molecule has 3 nitrogen and oxygen atoms in total. The minimum absolute atomic E-state index is 0.145. The minimum Gasteiger partial charge on any atom is -0.368 e. The van der Waals surface area contributed by atoms with E-state index in [1.807, 2.05) is 4.90 Å². The van der Waals surface area contributed by atoms with Crippen molar-refractivity contribution in [2.75, 3.05) is 19.7 Å². The number of carbonyl (C=O) groups is 1. The summed E-state index contributed by atoms with van der Waals surface area (Å²) in [6.45, 7) is 6.69. The van der Waals surface area contributed by atoms with E-state index in [0.717, 1.165) is 45.4 Å². The summed E-state index contributed by atoms with van der Waals surface area (Å²) in [5.74, 6) is 0.200. The van der Waals surface area contributed by atoms with E-state index in [4.69, 9.17) is 4.74 Å². The maximum atomic E-state index is 11.9. The number of carbonyl (C=O) groups excluding carboxylic acids is 1. The van der Waals surface area contributed by atoms with Gasteiger partial charge in [0.1, 0.15) is 6.10 Å². The van der Waals surface area contributed by atoms with Crippen molar-refractivity contribution < 1.29 is 9.53 Å². The molecule has 1 fully saturated rings. The average Bonchev–Trinajstić information content (AvgIpc) is 2.69. The second-order valence-electron chi connectivity index (χ2n) is 3.83. The molecular weight excluding hydrogens is 178 g/mol. The van der Waals surface area contributed by atoms with E-state index in [9.17, 15) is 4.79 Å². The number of amides is 1. The van der Waals surface area contributed by atoms with Crippen molar-refractivity contribution >= 4 is 5.91 Å². The summed E-state index contributed by atoms with van der Waals surface area (Å²) in [5, 5.41) is 0. The molecule has 0 aliphatic carbocycles. The van der Waals surface area contributed by atoms with Crippen molar-refractivity contribution in [2.24, 2.45) is 0 Å². The largest absolute Gasteiger partial charge is 0.368 e. The number of hydrogen-bond donors (Lipinski definition) is 0. The molecule has 0 unspecified atom stereocenters. The van der Waals surface area contributed by atoms with Gasteiger partial charge in [0.15, 0.2) is 0 Å². The zero-order valence-electron chi connectivity index (χ0n) is 9.29. The van der Waals surface area contributed by atoms with Crippen LogP contribution in [0.25, 0.3) is 0 Å². The van der Waals surface area contributed by atoms with Crippen LogP contribution in [0.1, 0.15) is 39.5 Å². The summed E-state index contributed by atoms with van der Waals surface area (Å²) in [4.78, 5) is 13.9. The van der Waals surface area contributed by atoms with E-state index in [0.29, 0.717) is 0 Å². The molecule has 0 aromatic heterocycles. The molecule has 1 aliphatic rings. The van der Waals surface area contributed by atoms with Crippen molar-refractivity contribution in [1.82, 2.24) is 4.90 Å². The lowest BCUT2D eigenvalue weighted by Gasteiger charge is -2.24. The Morgan fingerprint density at radius 2 is 2.00 bits per heavy atom. The molecule has 1 aliphatic heterocycles. The van der Waals surface area contributed by atoms with Crippen LogP contribution in [0.3, 0.4) is 0 Å². The lowest BCUT2D eigenvalue weighted by atomic mass is 10.2. The third kappa shape index (κ3) is 2.98. The topological polar surface area (TPSA) is 29.5 Å². The highest BCUT2D eigenvalue weighted by atomic mass is 16.5. The van der Waals surface area contributed by atoms with E-state index in [2.05, 4.69) is 13.8 Å². The number of rotatable bonds is 5. The van der Waals surface area contributed by atoms with Gasteiger partial charge in [-0.05, 0) is 25.7 Å². The highest BCUT2D eigenvalue weighted by Gasteiger charge is 2.27. The van der Waals surface area contributed by atoms with Crippen molar-refractivity contribution in [3.63, 3.8) is 0 Å². The summed E-state index contributed by atoms with van der Waals surface area (Å²) in [6.07, 6.45) is 3.84. The minimum atomic E-state index is -0.145. The van der Waals surface area contributed by atoms with Crippen LogP contribution in [0.15, 0.2) is 0 Å². The standard InChI is InChI=1S/C11H21NO2/c1-3-7-12(8-4-2)11(13)10-6-5-9-14-10/h10H,3-9H2,1-2H3/t10-/m0/s1. The molecule has 1 rings (SSSR count). The Labute approximate surface area is 86.4 Å². The maximum absolute atomic E-state index is 11.9. The first-order valence-corrected chi connectivity index (χ1v) is 5.70. The highest BCUT2D eigenvalue weighted by Crippen LogP contribution is 2.15. The number of nitrogens with zero attached hydrogens (tertiary/aromatic N) is 1. The Hall–Kier alpha value is -0.570. The third-order valence-electron chi connectivity index (χ3n) is 2.50. The van der Waals surface area contributed by atoms with Crippen molar-refractivity contribution in [3.8, 4) is 0 Å². The molecule has 0 aromatic rings. The van der Waals surface area contributed by atoms with Gasteiger partial charge in [-0.1, -0.05) is 13.8 Å². The molecular formula is C11H21NO2. The summed E-state index contributed by atoms with van der Waals surface area (Å²) >= 11 is 0. The summed E-state index contributed by atoms with van der Waals surface area (Å²) in [7, 11) is 0. The average molecular weight is 199 g/mol. The SMILES string of the molecule is CCCN(CCC)C(=O)[C@@H]1CCCO1. The Bertz CT molecular complexity index is 170. The molecule has 0 spiro atoms. The van der Waals surface area contributed by atoms with Crippen molar-refractivity contribution in [2.45, 2.75) is 45.6 Å². The first-order chi connectivity index (χ1) is 6.79. The molecule has 0 N–H and O–H groups in total. The van der Waals surface area contributed by atoms with Gasteiger partial charge in [-0.15, -0.1) is 0 Å². The fourth-order valence-electron chi connectivity index (χ4n) is 1.85. The van der Waals surface area contributed by atoms with Crippen LogP contribution in [0.5, 0.6) is 0 Å². The van der Waals surface area contributed by atoms with Crippen LogP contribution in [0.4, 0.5) is 0 Å². The van der Waals surface area contributed by atoms with Crippen molar-refractivity contribution in [1.29, 1.82) is 0 Å². The smallest absolute Gasteiger partial charge is 0.251 e. The fourth-order valence-corrected chi connectivity index (χ4v) is 1.85. The van der Waals surface area contributed by atoms with Crippen molar-refractivity contribution in [3.05, 3.63) is 0 Å². The van der Waals surface area contributed by atoms with Crippen LogP contribution in [0, 0.1) is 0 Å². The van der Waals surface area contributed by atoms with E-state index >= 15 is 0 Å². The second kappa shape index (κ2) is 6.02. The zero-order chi connectivity index (χ0) is 10.4. The summed E-state index contributed by atoms with van der Waals surface area (Å²) < 4.78 is 5.40. The van der Waals surface area contributed by atoms with E-state index in [1.165, 1.54) is 0 Å². The van der Waals surface area contributed by atoms with Gasteiger partial charge in [0, 0.05) is 19.7 Å². The van der Waals surface area contributed by atoms with Gasteiger partial charge in [-0.25, -0.2) is 0 Å². The van der Waals surface area contributed by atoms with Crippen LogP contribution in [-0.2, 0) is 9.53 Å². The number of ether oxygens (including phenoxy) is 1. The first kappa shape index (κ1) is 11.5. The maximum Gasteiger partial charge on any atom is 0.251 e. The molecule has 0 radical (unpaired) electrons. The monoisotopic (exact) mass is 199 g/mol. The van der Waals surface area contributed by atoms with Gasteiger partial charge < -0.3 is 9.64 Å². The normalized spacial score (nSPS) is 21.1. The predicted octanol–water partition coefficient (Wildman–Crippen LogP) is 1.81. The van der Waals surface area contributed by atoms with Gasteiger partial charge in [0.05, 0.1) is 0 Å². The van der Waals surface area contributed by atoms with Gasteiger partial charge in [-0.3, -0.25) is 4.79 Å². The van der Waals surface area contributed by atoms with Gasteiger partial charge in [-0.2, -0.15) is 0 Å². The molecule has 82 valence electrons. The highest BCUT2D eigenvalue weighted by molar-refractivity contribution is 5.81. The van der Waals surface area contributed by atoms with Gasteiger partial charge in [0.25, 0.3) is 5.91 Å². The Balaban J connectivity index is 2.43. The molecule has 1 heterocycles.